The number of benzene rings is 2. The van der Waals surface area contributed by atoms with Crippen LogP contribution in [0.2, 0.25) is 5.04 Å². The van der Waals surface area contributed by atoms with Crippen molar-refractivity contribution in [2.45, 2.75) is 95.6 Å². The van der Waals surface area contributed by atoms with Gasteiger partial charge in [0.25, 0.3) is 8.32 Å². The molecule has 4 atom stereocenters. The van der Waals surface area contributed by atoms with Crippen molar-refractivity contribution in [3.8, 4) is 0 Å². The van der Waals surface area contributed by atoms with Gasteiger partial charge in [0.2, 0.25) is 0 Å². The van der Waals surface area contributed by atoms with Gasteiger partial charge in [-0.25, -0.2) is 9.59 Å². The van der Waals surface area contributed by atoms with Crippen LogP contribution in [-0.2, 0) is 18.7 Å². The second-order valence-corrected chi connectivity index (χ2v) is 17.1. The van der Waals surface area contributed by atoms with Crippen molar-refractivity contribution >= 4 is 30.8 Å². The number of esters is 1. The van der Waals surface area contributed by atoms with Crippen LogP contribution in [-0.4, -0.2) is 55.4 Å². The molecule has 1 heterocycles. The van der Waals surface area contributed by atoms with Crippen LogP contribution in [0, 0.1) is 5.92 Å². The summed E-state index contributed by atoms with van der Waals surface area (Å²) in [5.74, 6) is -1.01. The van der Waals surface area contributed by atoms with Gasteiger partial charge in [-0.3, -0.25) is 0 Å². The van der Waals surface area contributed by atoms with Crippen molar-refractivity contribution in [2.75, 3.05) is 6.61 Å². The number of nitrogens with one attached hydrogen (secondary N) is 1. The first-order valence-electron chi connectivity index (χ1n) is 13.9. The summed E-state index contributed by atoms with van der Waals surface area (Å²) in [7, 11) is -2.77. The fourth-order valence-corrected chi connectivity index (χ4v) is 11.1. The quantitative estimate of drug-likeness (QED) is 0.392. The van der Waals surface area contributed by atoms with Crippen molar-refractivity contribution < 1.29 is 28.6 Å². The molecule has 39 heavy (non-hydrogen) atoms. The lowest BCUT2D eigenvalue weighted by atomic mass is 9.65. The summed E-state index contributed by atoms with van der Waals surface area (Å²) in [6.07, 6.45) is -0.156. The molecule has 0 spiro atoms. The molecule has 0 aromatic heterocycles. The number of hydrogen-bond acceptors (Lipinski definition) is 6. The van der Waals surface area contributed by atoms with Gasteiger partial charge < -0.3 is 24.3 Å². The van der Waals surface area contributed by atoms with E-state index in [0.717, 1.165) is 6.42 Å². The molecule has 1 aliphatic heterocycles. The van der Waals surface area contributed by atoms with Crippen LogP contribution in [0.25, 0.3) is 0 Å². The molecule has 7 nitrogen and oxygen atoms in total. The van der Waals surface area contributed by atoms with Crippen LogP contribution in [0.1, 0.15) is 67.2 Å². The molecular formula is C31H43NO6Si. The van der Waals surface area contributed by atoms with E-state index in [-0.39, 0.29) is 11.0 Å². The Labute approximate surface area is 233 Å². The topological polar surface area (TPSA) is 94.1 Å². The van der Waals surface area contributed by atoms with Gasteiger partial charge in [0.15, 0.2) is 6.10 Å². The summed E-state index contributed by atoms with van der Waals surface area (Å²) in [6, 6.07) is 20.8. The molecule has 8 heteroatoms. The minimum Gasteiger partial charge on any atom is -0.460 e. The maximum Gasteiger partial charge on any atom is 0.408 e. The van der Waals surface area contributed by atoms with E-state index in [1.54, 1.807) is 20.8 Å². The van der Waals surface area contributed by atoms with Gasteiger partial charge in [0.1, 0.15) is 11.7 Å². The highest BCUT2D eigenvalue weighted by molar-refractivity contribution is 6.99. The molecule has 1 amide bonds. The number of amides is 1. The van der Waals surface area contributed by atoms with Crippen LogP contribution < -0.4 is 15.7 Å². The Morgan fingerprint density at radius 2 is 1.59 bits per heavy atom. The number of aliphatic hydroxyl groups excluding tert-OH is 1. The molecular weight excluding hydrogens is 510 g/mol. The summed E-state index contributed by atoms with van der Waals surface area (Å²) >= 11 is 0. The van der Waals surface area contributed by atoms with Gasteiger partial charge in [-0.15, -0.1) is 0 Å². The smallest absolute Gasteiger partial charge is 0.408 e. The van der Waals surface area contributed by atoms with Gasteiger partial charge in [0, 0.05) is 12.5 Å². The highest BCUT2D eigenvalue weighted by atomic mass is 28.4. The maximum absolute atomic E-state index is 12.9. The summed E-state index contributed by atoms with van der Waals surface area (Å²) in [6.45, 7) is 12.4. The highest BCUT2D eigenvalue weighted by Crippen LogP contribution is 2.45. The van der Waals surface area contributed by atoms with Crippen molar-refractivity contribution in [3.63, 3.8) is 0 Å². The van der Waals surface area contributed by atoms with E-state index in [0.29, 0.717) is 25.9 Å². The third kappa shape index (κ3) is 5.79. The molecule has 1 saturated carbocycles. The van der Waals surface area contributed by atoms with E-state index in [1.807, 2.05) is 12.1 Å². The Kier molecular flexibility index (Phi) is 8.31. The number of rotatable bonds is 7. The van der Waals surface area contributed by atoms with Crippen molar-refractivity contribution in [1.82, 2.24) is 5.32 Å². The first-order chi connectivity index (χ1) is 18.3. The van der Waals surface area contributed by atoms with Gasteiger partial charge in [-0.05, 0) is 61.9 Å². The lowest BCUT2D eigenvalue weighted by Crippen LogP contribution is -2.72. The first kappa shape index (κ1) is 29.3. The van der Waals surface area contributed by atoms with Gasteiger partial charge in [0.05, 0.1) is 5.54 Å². The molecule has 2 fully saturated rings. The Balaban J connectivity index is 1.67. The molecule has 1 aliphatic carbocycles. The van der Waals surface area contributed by atoms with Crippen LogP contribution >= 0.6 is 0 Å². The van der Waals surface area contributed by atoms with Gasteiger partial charge in [-0.2, -0.15) is 0 Å². The normalized spacial score (nSPS) is 25.5. The standard InChI is InChI=1S/C31H43NO6Si/c1-29(2,3)38-28(35)32-31-20-13-18-25(37-27(34)26(31)33)24(31)19-21-36-39(30(4,5)6,22-14-9-7-10-15-22)23-16-11-8-12-17-23/h7-12,14-17,24-26,33H,13,18-21H2,1-6H3,(H,32,35)/t24-,25-,26+,31-/m0/s1. The summed E-state index contributed by atoms with van der Waals surface area (Å²) < 4.78 is 18.3. The number of aliphatic hydroxyl groups is 1. The zero-order chi connectivity index (χ0) is 28.5. The minimum atomic E-state index is -2.77. The Morgan fingerprint density at radius 1 is 1.03 bits per heavy atom. The van der Waals surface area contributed by atoms with E-state index < -0.39 is 43.7 Å². The zero-order valence-electron chi connectivity index (χ0n) is 24.0. The lowest BCUT2D eigenvalue weighted by molar-refractivity contribution is -0.196. The van der Waals surface area contributed by atoms with Crippen molar-refractivity contribution in [3.05, 3.63) is 60.7 Å². The highest BCUT2D eigenvalue weighted by Gasteiger charge is 2.59. The van der Waals surface area contributed by atoms with Crippen LogP contribution in [0.4, 0.5) is 4.79 Å². The number of alkyl carbamates (subject to hydrolysis) is 1. The average molecular weight is 554 g/mol. The first-order valence-corrected chi connectivity index (χ1v) is 15.9. The summed E-state index contributed by atoms with van der Waals surface area (Å²) in [5, 5.41) is 16.2. The molecule has 212 valence electrons. The van der Waals surface area contributed by atoms with Crippen molar-refractivity contribution in [2.24, 2.45) is 5.92 Å². The predicted molar refractivity (Wildman–Crippen MR) is 154 cm³/mol. The Morgan fingerprint density at radius 3 is 2.10 bits per heavy atom. The molecule has 4 rings (SSSR count). The number of carbonyl (C=O) groups excluding carboxylic acids is 2. The number of ether oxygens (including phenoxy) is 2. The van der Waals surface area contributed by atoms with E-state index >= 15 is 0 Å². The molecule has 0 radical (unpaired) electrons. The number of fused-ring (bicyclic) bond motifs is 2. The second-order valence-electron chi connectivity index (χ2n) is 12.8. The molecule has 2 aromatic rings. The Bertz CT molecular complexity index is 1100. The number of hydrogen-bond donors (Lipinski definition) is 2. The van der Waals surface area contributed by atoms with E-state index in [9.17, 15) is 14.7 Å². The van der Waals surface area contributed by atoms with Gasteiger partial charge in [-0.1, -0.05) is 81.4 Å². The van der Waals surface area contributed by atoms with Crippen LogP contribution in [0.15, 0.2) is 60.7 Å². The SMILES string of the molecule is CC(C)(C)OC(=O)N[C@]12CCC[C@H](OC(=O)[C@H]1O)[C@@H]2CCO[Si](c1ccccc1)(c1ccccc1)C(C)(C)C. The zero-order valence-corrected chi connectivity index (χ0v) is 25.0. The molecule has 2 N–H and O–H groups in total. The maximum atomic E-state index is 12.9. The minimum absolute atomic E-state index is 0.184. The molecule has 2 aliphatic rings. The van der Waals surface area contributed by atoms with Crippen molar-refractivity contribution in [1.29, 1.82) is 0 Å². The molecule has 1 saturated heterocycles. The van der Waals surface area contributed by atoms with Gasteiger partial charge >= 0.3 is 12.1 Å². The van der Waals surface area contributed by atoms with Crippen LogP contribution in [0.3, 0.4) is 0 Å². The van der Waals surface area contributed by atoms with E-state index in [1.165, 1.54) is 10.4 Å². The molecule has 2 aromatic carbocycles. The fraction of sp³-hybridized carbons (Fsp3) is 0.548. The number of carbonyl (C=O) groups is 2. The fourth-order valence-electron chi connectivity index (χ4n) is 6.48. The average Bonchev–Trinajstić information content (AvgIpc) is 2.85. The van der Waals surface area contributed by atoms with E-state index in [4.69, 9.17) is 13.9 Å². The van der Waals surface area contributed by atoms with Crippen LogP contribution in [0.5, 0.6) is 0 Å². The third-order valence-corrected chi connectivity index (χ3v) is 13.1. The third-order valence-electron chi connectivity index (χ3n) is 8.07. The largest absolute Gasteiger partial charge is 0.460 e. The lowest BCUT2D eigenvalue weighted by Gasteiger charge is -2.53. The van der Waals surface area contributed by atoms with E-state index in [2.05, 4.69) is 74.6 Å². The molecule has 0 unspecified atom stereocenters. The Hall–Kier alpha value is -2.68. The summed E-state index contributed by atoms with van der Waals surface area (Å²) in [4.78, 5) is 25.6. The summed E-state index contributed by atoms with van der Waals surface area (Å²) in [5.41, 5.74) is -1.88. The molecule has 2 bridgehead atoms. The predicted octanol–water partition coefficient (Wildman–Crippen LogP) is 4.30. The second kappa shape index (κ2) is 11.1. The monoisotopic (exact) mass is 553 g/mol.